The van der Waals surface area contributed by atoms with Crippen LogP contribution in [0.5, 0.6) is 0 Å². The molecule has 0 saturated carbocycles. The Kier molecular flexibility index (Phi) is 5.16. The molecule has 2 aromatic rings. The molecule has 0 bridgehead atoms. The second kappa shape index (κ2) is 7.32. The van der Waals surface area contributed by atoms with Crippen molar-refractivity contribution < 1.29 is 4.74 Å². The number of para-hydroxylation sites is 1. The van der Waals surface area contributed by atoms with Crippen LogP contribution in [0, 0.1) is 5.92 Å². The highest BCUT2D eigenvalue weighted by molar-refractivity contribution is 5.77. The Morgan fingerprint density at radius 1 is 1.04 bits per heavy atom. The maximum absolute atomic E-state index is 12.9. The maximum Gasteiger partial charge on any atom is 0.331 e. The van der Waals surface area contributed by atoms with E-state index in [-0.39, 0.29) is 17.2 Å². The molecule has 130 valence electrons. The minimum Gasteiger partial charge on any atom is -0.379 e. The summed E-state index contributed by atoms with van der Waals surface area (Å²) >= 11 is 0. The van der Waals surface area contributed by atoms with Gasteiger partial charge in [-0.25, -0.2) is 4.79 Å². The molecule has 1 aromatic heterocycles. The lowest BCUT2D eigenvalue weighted by molar-refractivity contribution is 0.0363. The second-order valence-corrected chi connectivity index (χ2v) is 6.71. The SMILES string of the molecule is CC(C)Cn1c(=O)c2ccccc2n(CCN2CCOCC2)c1=O. The molecule has 0 unspecified atom stereocenters. The first-order valence-corrected chi connectivity index (χ1v) is 8.60. The first kappa shape index (κ1) is 16.9. The van der Waals surface area contributed by atoms with E-state index in [1.807, 2.05) is 32.0 Å². The molecule has 6 heteroatoms. The number of nitrogens with zero attached hydrogens (tertiary/aromatic N) is 3. The first-order chi connectivity index (χ1) is 11.6. The van der Waals surface area contributed by atoms with E-state index in [4.69, 9.17) is 4.74 Å². The summed E-state index contributed by atoms with van der Waals surface area (Å²) in [6.45, 7) is 9.09. The standard InChI is InChI=1S/C18H25N3O3/c1-14(2)13-21-17(22)15-5-3-4-6-16(15)20(18(21)23)8-7-19-9-11-24-12-10-19/h3-6,14H,7-13H2,1-2H3. The van der Waals surface area contributed by atoms with Crippen molar-refractivity contribution in [2.24, 2.45) is 5.92 Å². The van der Waals surface area contributed by atoms with Crippen LogP contribution in [-0.2, 0) is 17.8 Å². The summed E-state index contributed by atoms with van der Waals surface area (Å²) in [5.41, 5.74) is 0.327. The molecule has 0 spiro atoms. The summed E-state index contributed by atoms with van der Waals surface area (Å²) in [7, 11) is 0. The van der Waals surface area contributed by atoms with Gasteiger partial charge in [0.1, 0.15) is 0 Å². The van der Waals surface area contributed by atoms with Crippen molar-refractivity contribution in [1.82, 2.24) is 14.0 Å². The Bertz CT molecular complexity index is 816. The van der Waals surface area contributed by atoms with E-state index in [0.717, 1.165) is 38.4 Å². The van der Waals surface area contributed by atoms with Gasteiger partial charge in [-0.15, -0.1) is 0 Å². The fraction of sp³-hybridized carbons (Fsp3) is 0.556. The molecule has 0 radical (unpaired) electrons. The van der Waals surface area contributed by atoms with Crippen LogP contribution < -0.4 is 11.2 Å². The maximum atomic E-state index is 12.9. The van der Waals surface area contributed by atoms with Crippen LogP contribution in [0.2, 0.25) is 0 Å². The Labute approximate surface area is 141 Å². The minimum absolute atomic E-state index is 0.188. The summed E-state index contributed by atoms with van der Waals surface area (Å²) < 4.78 is 8.49. The Balaban J connectivity index is 2.01. The molecule has 1 aliphatic rings. The Hall–Kier alpha value is -1.92. The minimum atomic E-state index is -0.208. The van der Waals surface area contributed by atoms with Gasteiger partial charge in [-0.05, 0) is 18.1 Å². The number of fused-ring (bicyclic) bond motifs is 1. The molecule has 1 aliphatic heterocycles. The zero-order chi connectivity index (χ0) is 17.1. The highest BCUT2D eigenvalue weighted by Gasteiger charge is 2.15. The topological polar surface area (TPSA) is 56.5 Å². The van der Waals surface area contributed by atoms with Crippen LogP contribution >= 0.6 is 0 Å². The van der Waals surface area contributed by atoms with E-state index < -0.39 is 0 Å². The van der Waals surface area contributed by atoms with Crippen LogP contribution in [0.4, 0.5) is 0 Å². The molecular formula is C18H25N3O3. The number of ether oxygens (including phenoxy) is 1. The number of hydrogen-bond acceptors (Lipinski definition) is 4. The van der Waals surface area contributed by atoms with Crippen molar-refractivity contribution in [2.75, 3.05) is 32.8 Å². The summed E-state index contributed by atoms with van der Waals surface area (Å²) in [6, 6.07) is 7.38. The lowest BCUT2D eigenvalue weighted by Gasteiger charge is -2.27. The molecule has 0 amide bonds. The van der Waals surface area contributed by atoms with Crippen LogP contribution in [0.3, 0.4) is 0 Å². The van der Waals surface area contributed by atoms with Crippen molar-refractivity contribution >= 4 is 10.9 Å². The van der Waals surface area contributed by atoms with Crippen molar-refractivity contribution in [1.29, 1.82) is 0 Å². The van der Waals surface area contributed by atoms with E-state index in [0.29, 0.717) is 18.5 Å². The second-order valence-electron chi connectivity index (χ2n) is 6.71. The summed E-state index contributed by atoms with van der Waals surface area (Å²) in [4.78, 5) is 27.9. The van der Waals surface area contributed by atoms with E-state index in [1.165, 1.54) is 4.57 Å². The molecular weight excluding hydrogens is 306 g/mol. The van der Waals surface area contributed by atoms with Crippen LogP contribution in [0.25, 0.3) is 10.9 Å². The van der Waals surface area contributed by atoms with Gasteiger partial charge < -0.3 is 4.74 Å². The average Bonchev–Trinajstić information content (AvgIpc) is 2.59. The quantitative estimate of drug-likeness (QED) is 0.825. The number of morpholine rings is 1. The van der Waals surface area contributed by atoms with E-state index in [9.17, 15) is 9.59 Å². The van der Waals surface area contributed by atoms with Crippen molar-refractivity contribution in [3.8, 4) is 0 Å². The van der Waals surface area contributed by atoms with Gasteiger partial charge >= 0.3 is 5.69 Å². The third kappa shape index (κ3) is 3.44. The first-order valence-electron chi connectivity index (χ1n) is 8.60. The van der Waals surface area contributed by atoms with Gasteiger partial charge in [-0.3, -0.25) is 18.8 Å². The van der Waals surface area contributed by atoms with E-state index in [2.05, 4.69) is 4.90 Å². The van der Waals surface area contributed by atoms with Gasteiger partial charge in [-0.1, -0.05) is 26.0 Å². The molecule has 0 N–H and O–H groups in total. The molecule has 1 aromatic carbocycles. The van der Waals surface area contributed by atoms with Gasteiger partial charge in [0.25, 0.3) is 5.56 Å². The summed E-state index contributed by atoms with van der Waals surface area (Å²) in [5.74, 6) is 0.240. The fourth-order valence-corrected chi connectivity index (χ4v) is 3.18. The predicted octanol–water partition coefficient (Wildman–Crippen LogP) is 1.15. The van der Waals surface area contributed by atoms with Gasteiger partial charge in [0.15, 0.2) is 0 Å². The lowest BCUT2D eigenvalue weighted by atomic mass is 10.2. The van der Waals surface area contributed by atoms with Crippen molar-refractivity contribution in [3.63, 3.8) is 0 Å². The monoisotopic (exact) mass is 331 g/mol. The third-order valence-corrected chi connectivity index (χ3v) is 4.42. The van der Waals surface area contributed by atoms with Gasteiger partial charge in [0.05, 0.1) is 24.1 Å². The van der Waals surface area contributed by atoms with Gasteiger partial charge in [0, 0.05) is 32.7 Å². The van der Waals surface area contributed by atoms with Crippen LogP contribution in [-0.4, -0.2) is 46.9 Å². The highest BCUT2D eigenvalue weighted by Crippen LogP contribution is 2.09. The molecule has 2 heterocycles. The Morgan fingerprint density at radius 2 is 1.75 bits per heavy atom. The largest absolute Gasteiger partial charge is 0.379 e. The fourth-order valence-electron chi connectivity index (χ4n) is 3.18. The summed E-state index contributed by atoms with van der Waals surface area (Å²) in [6.07, 6.45) is 0. The molecule has 1 fully saturated rings. The number of hydrogen-bond donors (Lipinski definition) is 0. The molecule has 6 nitrogen and oxygen atoms in total. The Morgan fingerprint density at radius 3 is 2.46 bits per heavy atom. The van der Waals surface area contributed by atoms with E-state index >= 15 is 0 Å². The van der Waals surface area contributed by atoms with Gasteiger partial charge in [0.2, 0.25) is 0 Å². The summed E-state index contributed by atoms with van der Waals surface area (Å²) in [5, 5.41) is 0.611. The molecule has 24 heavy (non-hydrogen) atoms. The van der Waals surface area contributed by atoms with Gasteiger partial charge in [-0.2, -0.15) is 0 Å². The molecule has 1 saturated heterocycles. The smallest absolute Gasteiger partial charge is 0.331 e. The predicted molar refractivity (Wildman–Crippen MR) is 94.6 cm³/mol. The average molecular weight is 331 g/mol. The third-order valence-electron chi connectivity index (χ3n) is 4.42. The molecule has 0 aliphatic carbocycles. The lowest BCUT2D eigenvalue weighted by Crippen LogP contribution is -2.44. The van der Waals surface area contributed by atoms with E-state index in [1.54, 1.807) is 10.6 Å². The highest BCUT2D eigenvalue weighted by atomic mass is 16.5. The normalized spacial score (nSPS) is 16.1. The van der Waals surface area contributed by atoms with Crippen LogP contribution in [0.1, 0.15) is 13.8 Å². The van der Waals surface area contributed by atoms with Crippen molar-refractivity contribution in [3.05, 3.63) is 45.1 Å². The zero-order valence-corrected chi connectivity index (χ0v) is 14.4. The molecule has 0 atom stereocenters. The van der Waals surface area contributed by atoms with Crippen LogP contribution in [0.15, 0.2) is 33.9 Å². The number of benzene rings is 1. The number of aromatic nitrogens is 2. The zero-order valence-electron chi connectivity index (χ0n) is 14.4. The van der Waals surface area contributed by atoms with Crippen molar-refractivity contribution in [2.45, 2.75) is 26.9 Å². The number of rotatable bonds is 5. The molecule has 3 rings (SSSR count).